The molecule has 3 aliphatic rings. The van der Waals surface area contributed by atoms with Crippen molar-refractivity contribution < 1.29 is 4.79 Å². The van der Waals surface area contributed by atoms with Gasteiger partial charge in [-0.25, -0.2) is 4.98 Å². The van der Waals surface area contributed by atoms with E-state index >= 15 is 0 Å². The van der Waals surface area contributed by atoms with Gasteiger partial charge >= 0.3 is 0 Å². The summed E-state index contributed by atoms with van der Waals surface area (Å²) in [6.45, 7) is 1.44. The molecular weight excluding hydrogens is 358 g/mol. The molecule has 1 atom stereocenters. The molecule has 0 unspecified atom stereocenters. The largest absolute Gasteiger partial charge is 0.338 e. The third-order valence-electron chi connectivity index (χ3n) is 6.02. The van der Waals surface area contributed by atoms with Gasteiger partial charge in [0, 0.05) is 30.8 Å². The Balaban J connectivity index is 1.36. The molecule has 0 spiro atoms. The van der Waals surface area contributed by atoms with Gasteiger partial charge in [0.15, 0.2) is 5.16 Å². The van der Waals surface area contributed by atoms with Crippen molar-refractivity contribution in [1.29, 1.82) is 0 Å². The molecular formula is C21H23N3O2S. The predicted molar refractivity (Wildman–Crippen MR) is 105 cm³/mol. The van der Waals surface area contributed by atoms with E-state index in [4.69, 9.17) is 4.98 Å². The van der Waals surface area contributed by atoms with Crippen LogP contribution in [0, 0.1) is 0 Å². The Morgan fingerprint density at radius 1 is 1.15 bits per heavy atom. The highest BCUT2D eigenvalue weighted by molar-refractivity contribution is 7.99. The summed E-state index contributed by atoms with van der Waals surface area (Å²) >= 11 is 1.62. The highest BCUT2D eigenvalue weighted by atomic mass is 32.2. The number of thioether (sulfide) groups is 1. The van der Waals surface area contributed by atoms with Crippen molar-refractivity contribution >= 4 is 17.7 Å². The number of benzene rings is 1. The molecule has 1 aliphatic carbocycles. The van der Waals surface area contributed by atoms with Crippen molar-refractivity contribution in [2.75, 3.05) is 12.3 Å². The highest BCUT2D eigenvalue weighted by Crippen LogP contribution is 2.34. The third kappa shape index (κ3) is 3.00. The van der Waals surface area contributed by atoms with Gasteiger partial charge in [-0.2, -0.15) is 0 Å². The summed E-state index contributed by atoms with van der Waals surface area (Å²) < 4.78 is 1.81. The van der Waals surface area contributed by atoms with Crippen molar-refractivity contribution in [2.45, 2.75) is 56.3 Å². The van der Waals surface area contributed by atoms with E-state index in [1.54, 1.807) is 11.8 Å². The minimum Gasteiger partial charge on any atom is -0.338 e. The number of amides is 1. The van der Waals surface area contributed by atoms with Crippen LogP contribution in [0.15, 0.2) is 34.2 Å². The lowest BCUT2D eigenvalue weighted by Crippen LogP contribution is -2.38. The van der Waals surface area contributed by atoms with Crippen LogP contribution in [-0.2, 0) is 30.6 Å². The first-order valence-electron chi connectivity index (χ1n) is 9.82. The van der Waals surface area contributed by atoms with Gasteiger partial charge in [-0.3, -0.25) is 14.2 Å². The summed E-state index contributed by atoms with van der Waals surface area (Å²) in [7, 11) is 0. The van der Waals surface area contributed by atoms with Gasteiger partial charge in [0.25, 0.3) is 5.56 Å². The number of carbonyl (C=O) groups excluding carboxylic acids is 1. The van der Waals surface area contributed by atoms with Crippen molar-refractivity contribution in [3.8, 4) is 0 Å². The van der Waals surface area contributed by atoms with Gasteiger partial charge in [-0.05, 0) is 43.2 Å². The lowest BCUT2D eigenvalue weighted by Gasteiger charge is -2.30. The van der Waals surface area contributed by atoms with Gasteiger partial charge in [0.2, 0.25) is 5.91 Å². The van der Waals surface area contributed by atoms with E-state index in [0.29, 0.717) is 13.0 Å². The van der Waals surface area contributed by atoms with E-state index < -0.39 is 0 Å². The third-order valence-corrected chi connectivity index (χ3v) is 7.11. The fourth-order valence-electron chi connectivity index (χ4n) is 4.50. The number of carbonyl (C=O) groups is 1. The van der Waals surface area contributed by atoms with Gasteiger partial charge in [0.05, 0.1) is 11.7 Å². The smallest absolute Gasteiger partial charge is 0.257 e. The van der Waals surface area contributed by atoms with E-state index in [0.717, 1.165) is 60.8 Å². The summed E-state index contributed by atoms with van der Waals surface area (Å²) in [6, 6.07) is 8.28. The Bertz CT molecular complexity index is 968. The van der Waals surface area contributed by atoms with E-state index in [1.165, 1.54) is 11.1 Å². The molecule has 2 aromatic rings. The molecule has 0 bridgehead atoms. The first kappa shape index (κ1) is 17.0. The monoisotopic (exact) mass is 381 g/mol. The molecule has 6 heteroatoms. The molecule has 1 amide bonds. The molecule has 5 rings (SSSR count). The number of aryl methyl sites for hydroxylation is 1. The second-order valence-corrected chi connectivity index (χ2v) is 8.69. The number of hydrogen-bond donors (Lipinski definition) is 0. The van der Waals surface area contributed by atoms with Crippen LogP contribution in [0.3, 0.4) is 0 Å². The van der Waals surface area contributed by atoms with E-state index in [-0.39, 0.29) is 17.5 Å². The van der Waals surface area contributed by atoms with Crippen molar-refractivity contribution in [3.05, 3.63) is 57.0 Å². The SMILES string of the molecule is O=C(C[C@@H]1CSc2nc3c(c(=O)n21)CCCC3)N1CCc2ccccc2C1. The van der Waals surface area contributed by atoms with Crippen LogP contribution in [-0.4, -0.2) is 32.7 Å². The Labute approximate surface area is 162 Å². The zero-order chi connectivity index (χ0) is 18.4. The number of nitrogens with zero attached hydrogens (tertiary/aromatic N) is 3. The lowest BCUT2D eigenvalue weighted by atomic mass is 9.97. The summed E-state index contributed by atoms with van der Waals surface area (Å²) in [5.74, 6) is 0.911. The van der Waals surface area contributed by atoms with Crippen LogP contribution < -0.4 is 5.56 Å². The van der Waals surface area contributed by atoms with E-state index in [1.807, 2.05) is 15.5 Å². The lowest BCUT2D eigenvalue weighted by molar-refractivity contribution is -0.132. The Hall–Kier alpha value is -2.08. The quantitative estimate of drug-likeness (QED) is 0.751. The van der Waals surface area contributed by atoms with Crippen LogP contribution in [0.5, 0.6) is 0 Å². The van der Waals surface area contributed by atoms with Gasteiger partial charge in [-0.1, -0.05) is 36.0 Å². The Kier molecular flexibility index (Phi) is 4.31. The molecule has 3 heterocycles. The molecule has 0 fully saturated rings. The molecule has 0 saturated heterocycles. The molecule has 5 nitrogen and oxygen atoms in total. The van der Waals surface area contributed by atoms with E-state index in [2.05, 4.69) is 18.2 Å². The zero-order valence-electron chi connectivity index (χ0n) is 15.3. The molecule has 2 aliphatic heterocycles. The van der Waals surface area contributed by atoms with Gasteiger partial charge in [0.1, 0.15) is 0 Å². The van der Waals surface area contributed by atoms with Crippen LogP contribution in [0.4, 0.5) is 0 Å². The van der Waals surface area contributed by atoms with Crippen LogP contribution in [0.1, 0.15) is 47.7 Å². The fourth-order valence-corrected chi connectivity index (χ4v) is 5.66. The minimum atomic E-state index is -0.0677. The van der Waals surface area contributed by atoms with Gasteiger partial charge in [-0.15, -0.1) is 0 Å². The topological polar surface area (TPSA) is 55.2 Å². The normalized spacial score (nSPS) is 20.7. The molecule has 27 heavy (non-hydrogen) atoms. The maximum absolute atomic E-state index is 13.0. The molecule has 140 valence electrons. The molecule has 0 saturated carbocycles. The molecule has 0 N–H and O–H groups in total. The molecule has 0 radical (unpaired) electrons. The standard InChI is InChI=1S/C21H23N3O2S/c25-19(23-10-9-14-5-1-2-6-15(14)12-23)11-16-13-27-21-22-18-8-4-3-7-17(18)20(26)24(16)21/h1-2,5-6,16H,3-4,7-13H2/t16-/m1/s1. The van der Waals surface area contributed by atoms with Crippen LogP contribution in [0.2, 0.25) is 0 Å². The fraction of sp³-hybridized carbons (Fsp3) is 0.476. The first-order chi connectivity index (χ1) is 13.2. The summed E-state index contributed by atoms with van der Waals surface area (Å²) in [6.07, 6.45) is 5.22. The van der Waals surface area contributed by atoms with Gasteiger partial charge < -0.3 is 4.90 Å². The average Bonchev–Trinajstić information content (AvgIpc) is 3.10. The summed E-state index contributed by atoms with van der Waals surface area (Å²) in [5, 5.41) is 0.808. The maximum Gasteiger partial charge on any atom is 0.257 e. The number of fused-ring (bicyclic) bond motifs is 3. The maximum atomic E-state index is 13.0. The Morgan fingerprint density at radius 3 is 2.85 bits per heavy atom. The first-order valence-corrected chi connectivity index (χ1v) is 10.8. The summed E-state index contributed by atoms with van der Waals surface area (Å²) in [5.41, 5.74) is 4.56. The molecule has 1 aromatic carbocycles. The number of rotatable bonds is 2. The minimum absolute atomic E-state index is 0.0677. The van der Waals surface area contributed by atoms with Crippen molar-refractivity contribution in [3.63, 3.8) is 0 Å². The van der Waals surface area contributed by atoms with E-state index in [9.17, 15) is 9.59 Å². The predicted octanol–water partition coefficient (Wildman–Crippen LogP) is 2.74. The Morgan fingerprint density at radius 2 is 1.96 bits per heavy atom. The van der Waals surface area contributed by atoms with Crippen molar-refractivity contribution in [1.82, 2.24) is 14.5 Å². The second kappa shape index (κ2) is 6.82. The van der Waals surface area contributed by atoms with Crippen molar-refractivity contribution in [2.24, 2.45) is 0 Å². The van der Waals surface area contributed by atoms with Crippen LogP contribution >= 0.6 is 11.8 Å². The average molecular weight is 382 g/mol. The zero-order valence-corrected chi connectivity index (χ0v) is 16.1. The molecule has 1 aromatic heterocycles. The summed E-state index contributed by atoms with van der Waals surface area (Å²) in [4.78, 5) is 32.7. The number of hydrogen-bond acceptors (Lipinski definition) is 4. The second-order valence-electron chi connectivity index (χ2n) is 7.70. The highest BCUT2D eigenvalue weighted by Gasteiger charge is 2.32. The number of aromatic nitrogens is 2. The van der Waals surface area contributed by atoms with Crippen LogP contribution in [0.25, 0.3) is 0 Å².